The molecule has 0 unspecified atom stereocenters. The fourth-order valence-electron chi connectivity index (χ4n) is 3.08. The molecule has 1 aliphatic rings. The first kappa shape index (κ1) is 17.1. The Morgan fingerprint density at radius 1 is 0.926 bits per heavy atom. The van der Waals surface area contributed by atoms with Crippen LogP contribution >= 0.6 is 0 Å². The van der Waals surface area contributed by atoms with E-state index in [4.69, 9.17) is 9.47 Å². The van der Waals surface area contributed by atoms with Crippen LogP contribution in [0.4, 0.5) is 0 Å². The number of Topliss-reactive ketones (excluding diaryl/α,β-unsaturated/α-hetero) is 1. The molecule has 0 aliphatic carbocycles. The van der Waals surface area contributed by atoms with E-state index in [2.05, 4.69) is 13.0 Å². The normalized spacial score (nSPS) is 14.1. The molecule has 0 bridgehead atoms. The summed E-state index contributed by atoms with van der Waals surface area (Å²) in [5.74, 6) is 1.47. The van der Waals surface area contributed by atoms with Crippen molar-refractivity contribution in [3.05, 3.63) is 100 Å². The summed E-state index contributed by atoms with van der Waals surface area (Å²) in [4.78, 5) is 12.6. The molecule has 1 aliphatic heterocycles. The average Bonchev–Trinajstić information content (AvgIpc) is 2.98. The number of ketones is 1. The summed E-state index contributed by atoms with van der Waals surface area (Å²) in [6, 6.07) is 21.4. The van der Waals surface area contributed by atoms with Crippen LogP contribution < -0.4 is 9.47 Å². The summed E-state index contributed by atoms with van der Waals surface area (Å²) in [7, 11) is 0. The minimum absolute atomic E-state index is 0.0984. The van der Waals surface area contributed by atoms with E-state index >= 15 is 0 Å². The Labute approximate surface area is 158 Å². The zero-order chi connectivity index (χ0) is 18.8. The molecule has 0 aromatic heterocycles. The van der Waals surface area contributed by atoms with Crippen LogP contribution in [0.15, 0.2) is 72.5 Å². The maximum atomic E-state index is 12.6. The van der Waals surface area contributed by atoms with Gasteiger partial charge in [0.05, 0.1) is 5.56 Å². The Morgan fingerprint density at radius 3 is 2.44 bits per heavy atom. The van der Waals surface area contributed by atoms with Gasteiger partial charge < -0.3 is 9.47 Å². The van der Waals surface area contributed by atoms with E-state index in [1.165, 1.54) is 5.56 Å². The Balaban J connectivity index is 1.54. The van der Waals surface area contributed by atoms with Crippen LogP contribution in [0.3, 0.4) is 0 Å². The molecule has 0 fully saturated rings. The Morgan fingerprint density at radius 2 is 1.67 bits per heavy atom. The van der Waals surface area contributed by atoms with Crippen LogP contribution in [-0.2, 0) is 6.61 Å². The summed E-state index contributed by atoms with van der Waals surface area (Å²) < 4.78 is 11.7. The third kappa shape index (κ3) is 3.49. The zero-order valence-corrected chi connectivity index (χ0v) is 15.4. The van der Waals surface area contributed by atoms with Gasteiger partial charge in [0.1, 0.15) is 18.1 Å². The lowest BCUT2D eigenvalue weighted by molar-refractivity contribution is 0.101. The van der Waals surface area contributed by atoms with Crippen molar-refractivity contribution in [1.29, 1.82) is 0 Å². The third-order valence-electron chi connectivity index (χ3n) is 4.77. The second-order valence-electron chi connectivity index (χ2n) is 6.67. The van der Waals surface area contributed by atoms with Crippen molar-refractivity contribution in [2.75, 3.05) is 0 Å². The van der Waals surface area contributed by atoms with Gasteiger partial charge >= 0.3 is 0 Å². The molecular formula is C24H20O3. The van der Waals surface area contributed by atoms with Gasteiger partial charge in [-0.2, -0.15) is 0 Å². The highest BCUT2D eigenvalue weighted by molar-refractivity contribution is 6.14. The van der Waals surface area contributed by atoms with Gasteiger partial charge in [0.25, 0.3) is 0 Å². The van der Waals surface area contributed by atoms with E-state index in [0.29, 0.717) is 29.4 Å². The van der Waals surface area contributed by atoms with Crippen LogP contribution in [0.25, 0.3) is 6.08 Å². The van der Waals surface area contributed by atoms with Gasteiger partial charge in [-0.3, -0.25) is 4.79 Å². The third-order valence-corrected chi connectivity index (χ3v) is 4.77. The van der Waals surface area contributed by atoms with Crippen molar-refractivity contribution in [3.8, 4) is 11.5 Å². The summed E-state index contributed by atoms with van der Waals surface area (Å²) in [6.45, 7) is 4.55. The summed E-state index contributed by atoms with van der Waals surface area (Å²) in [5.41, 5.74) is 4.96. The van der Waals surface area contributed by atoms with Gasteiger partial charge in [-0.05, 0) is 54.3 Å². The van der Waals surface area contributed by atoms with Crippen molar-refractivity contribution in [1.82, 2.24) is 0 Å². The lowest BCUT2D eigenvalue weighted by Crippen LogP contribution is -1.98. The minimum atomic E-state index is -0.0984. The van der Waals surface area contributed by atoms with E-state index < -0.39 is 0 Å². The Kier molecular flexibility index (Phi) is 4.51. The Bertz CT molecular complexity index is 1050. The lowest BCUT2D eigenvalue weighted by Gasteiger charge is -2.09. The first-order chi connectivity index (χ1) is 13.1. The number of ether oxygens (including phenoxy) is 2. The van der Waals surface area contributed by atoms with Crippen LogP contribution in [0.1, 0.15) is 32.6 Å². The highest BCUT2D eigenvalue weighted by atomic mass is 16.5. The standard InChI is InChI=1S/C24H20O3/c1-16-7-3-5-9-18(16)13-23-24(25)21-12-11-20(14-22(21)27-23)26-15-19-10-6-4-8-17(19)2/h3-14H,15H2,1-2H3/b23-13-. The molecule has 1 heterocycles. The predicted molar refractivity (Wildman–Crippen MR) is 106 cm³/mol. The molecule has 3 heteroatoms. The van der Waals surface area contributed by atoms with E-state index in [0.717, 1.165) is 16.7 Å². The van der Waals surface area contributed by atoms with Crippen LogP contribution in [-0.4, -0.2) is 5.78 Å². The first-order valence-corrected chi connectivity index (χ1v) is 8.93. The molecule has 0 N–H and O–H groups in total. The molecule has 0 saturated heterocycles. The number of aryl methyl sites for hydroxylation is 2. The van der Waals surface area contributed by atoms with E-state index in [1.54, 1.807) is 18.2 Å². The fraction of sp³-hybridized carbons (Fsp3) is 0.125. The topological polar surface area (TPSA) is 35.5 Å². The van der Waals surface area contributed by atoms with E-state index in [1.807, 2.05) is 55.5 Å². The van der Waals surface area contributed by atoms with Gasteiger partial charge in [0, 0.05) is 6.07 Å². The first-order valence-electron chi connectivity index (χ1n) is 8.93. The lowest BCUT2D eigenvalue weighted by atomic mass is 10.1. The Hall–Kier alpha value is -3.33. The highest BCUT2D eigenvalue weighted by Crippen LogP contribution is 2.35. The molecule has 3 aromatic rings. The van der Waals surface area contributed by atoms with Crippen LogP contribution in [0, 0.1) is 13.8 Å². The molecular weight excluding hydrogens is 336 g/mol. The van der Waals surface area contributed by atoms with E-state index in [-0.39, 0.29) is 5.78 Å². The minimum Gasteiger partial charge on any atom is -0.489 e. The molecule has 3 aromatic carbocycles. The second-order valence-corrected chi connectivity index (χ2v) is 6.67. The molecule has 0 amide bonds. The maximum Gasteiger partial charge on any atom is 0.231 e. The average molecular weight is 356 g/mol. The summed E-state index contributed by atoms with van der Waals surface area (Å²) in [5, 5.41) is 0. The number of benzene rings is 3. The quantitative estimate of drug-likeness (QED) is 0.579. The number of hydrogen-bond donors (Lipinski definition) is 0. The van der Waals surface area contributed by atoms with Crippen molar-refractivity contribution >= 4 is 11.9 Å². The molecule has 0 saturated carbocycles. The SMILES string of the molecule is Cc1ccccc1/C=C1\Oc2cc(OCc3ccccc3C)ccc2C1=O. The number of carbonyl (C=O) groups excluding carboxylic acids is 1. The van der Waals surface area contributed by atoms with Gasteiger partial charge in [0.15, 0.2) is 5.76 Å². The summed E-state index contributed by atoms with van der Waals surface area (Å²) >= 11 is 0. The molecule has 134 valence electrons. The molecule has 4 rings (SSSR count). The maximum absolute atomic E-state index is 12.6. The number of hydrogen-bond acceptors (Lipinski definition) is 3. The van der Waals surface area contributed by atoms with Crippen LogP contribution in [0.2, 0.25) is 0 Å². The molecule has 3 nitrogen and oxygen atoms in total. The largest absolute Gasteiger partial charge is 0.489 e. The highest BCUT2D eigenvalue weighted by Gasteiger charge is 2.27. The molecule has 0 atom stereocenters. The fourth-order valence-corrected chi connectivity index (χ4v) is 3.08. The van der Waals surface area contributed by atoms with Crippen molar-refractivity contribution in [2.45, 2.75) is 20.5 Å². The van der Waals surface area contributed by atoms with Gasteiger partial charge in [-0.25, -0.2) is 0 Å². The number of allylic oxidation sites excluding steroid dienone is 1. The second kappa shape index (κ2) is 7.12. The molecule has 0 spiro atoms. The van der Waals surface area contributed by atoms with Gasteiger partial charge in [0.2, 0.25) is 5.78 Å². The predicted octanol–water partition coefficient (Wildman–Crippen LogP) is 5.50. The zero-order valence-electron chi connectivity index (χ0n) is 15.4. The van der Waals surface area contributed by atoms with Crippen molar-refractivity contribution in [3.63, 3.8) is 0 Å². The monoisotopic (exact) mass is 356 g/mol. The molecule has 27 heavy (non-hydrogen) atoms. The number of carbonyl (C=O) groups is 1. The molecule has 0 radical (unpaired) electrons. The summed E-state index contributed by atoms with van der Waals surface area (Å²) in [6.07, 6.45) is 1.80. The van der Waals surface area contributed by atoms with Gasteiger partial charge in [-0.15, -0.1) is 0 Å². The van der Waals surface area contributed by atoms with Crippen molar-refractivity contribution < 1.29 is 14.3 Å². The van der Waals surface area contributed by atoms with E-state index in [9.17, 15) is 4.79 Å². The smallest absolute Gasteiger partial charge is 0.231 e. The van der Waals surface area contributed by atoms with Crippen molar-refractivity contribution in [2.24, 2.45) is 0 Å². The van der Waals surface area contributed by atoms with Crippen LogP contribution in [0.5, 0.6) is 11.5 Å². The van der Waals surface area contributed by atoms with Gasteiger partial charge in [-0.1, -0.05) is 48.5 Å². The number of rotatable bonds is 4. The number of fused-ring (bicyclic) bond motifs is 1.